The quantitative estimate of drug-likeness (QED) is 0.255. The Morgan fingerprint density at radius 2 is 1.24 bits per heavy atom. The first-order valence-corrected chi connectivity index (χ1v) is 12.1. The number of benzene rings is 4. The van der Waals surface area contributed by atoms with Crippen molar-refractivity contribution in [3.8, 4) is 17.3 Å². The van der Waals surface area contributed by atoms with Crippen LogP contribution >= 0.6 is 0 Å². The van der Waals surface area contributed by atoms with Crippen LogP contribution in [0.1, 0.15) is 11.1 Å². The fourth-order valence-electron chi connectivity index (χ4n) is 5.05. The number of ether oxygens (including phenoxy) is 1. The summed E-state index contributed by atoms with van der Waals surface area (Å²) in [5, 5.41) is 2.27. The SMILES string of the molecule is C=Cc1ccc2c(c1)c1cc(C=C)ccc1n2-c1ccnc(N2c3ccccc3Oc3ccccc32)n1. The van der Waals surface area contributed by atoms with Gasteiger partial charge in [0.25, 0.3) is 0 Å². The molecule has 0 N–H and O–H groups in total. The molecule has 0 radical (unpaired) electrons. The van der Waals surface area contributed by atoms with Gasteiger partial charge in [0.15, 0.2) is 11.5 Å². The standard InChI is InChI=1S/C32H22N4O/c1-3-21-13-15-25-23(19-21)24-20-22(4-2)14-16-26(24)35(25)31-17-18-33-32(34-31)36-27-9-5-7-11-29(27)37-30-12-8-6-10-28(30)36/h3-20H,1-2H2. The van der Waals surface area contributed by atoms with Gasteiger partial charge in [-0.05, 0) is 65.7 Å². The summed E-state index contributed by atoms with van der Waals surface area (Å²) in [6.45, 7) is 7.91. The lowest BCUT2D eigenvalue weighted by molar-refractivity contribution is 0.476. The van der Waals surface area contributed by atoms with Crippen LogP contribution in [0.4, 0.5) is 17.3 Å². The van der Waals surface area contributed by atoms with Crippen LogP contribution in [0.2, 0.25) is 0 Å². The number of aromatic nitrogens is 3. The Morgan fingerprint density at radius 1 is 0.676 bits per heavy atom. The Hall–Kier alpha value is -5.16. The van der Waals surface area contributed by atoms with Crippen LogP contribution in [0.5, 0.6) is 11.5 Å². The van der Waals surface area contributed by atoms with Gasteiger partial charge in [-0.25, -0.2) is 4.98 Å². The van der Waals surface area contributed by atoms with Gasteiger partial charge in [0.05, 0.1) is 22.4 Å². The molecular formula is C32H22N4O. The molecule has 0 spiro atoms. The van der Waals surface area contributed by atoms with Gasteiger partial charge in [0.1, 0.15) is 5.82 Å². The van der Waals surface area contributed by atoms with Gasteiger partial charge < -0.3 is 4.74 Å². The van der Waals surface area contributed by atoms with E-state index >= 15 is 0 Å². The van der Waals surface area contributed by atoms with Crippen LogP contribution in [-0.4, -0.2) is 14.5 Å². The normalized spacial score (nSPS) is 12.2. The zero-order valence-corrected chi connectivity index (χ0v) is 20.0. The van der Waals surface area contributed by atoms with E-state index in [2.05, 4.69) is 59.0 Å². The van der Waals surface area contributed by atoms with E-state index in [0.29, 0.717) is 5.95 Å². The van der Waals surface area contributed by atoms with Crippen LogP contribution < -0.4 is 9.64 Å². The number of nitrogens with zero attached hydrogens (tertiary/aromatic N) is 4. The van der Waals surface area contributed by atoms with Crippen molar-refractivity contribution in [3.05, 3.63) is 121 Å². The Kier molecular flexibility index (Phi) is 4.69. The molecule has 0 fully saturated rings. The third-order valence-electron chi connectivity index (χ3n) is 6.77. The third-order valence-corrected chi connectivity index (χ3v) is 6.77. The van der Waals surface area contributed by atoms with E-state index in [0.717, 1.165) is 61.6 Å². The average molecular weight is 479 g/mol. The lowest BCUT2D eigenvalue weighted by Gasteiger charge is -2.31. The number of hydrogen-bond donors (Lipinski definition) is 0. The molecular weight excluding hydrogens is 456 g/mol. The molecule has 4 aromatic carbocycles. The van der Waals surface area contributed by atoms with Crippen molar-refractivity contribution in [1.29, 1.82) is 0 Å². The number of fused-ring (bicyclic) bond motifs is 5. The maximum atomic E-state index is 6.17. The van der Waals surface area contributed by atoms with E-state index < -0.39 is 0 Å². The smallest absolute Gasteiger partial charge is 0.236 e. The lowest BCUT2D eigenvalue weighted by Crippen LogP contribution is -2.18. The first kappa shape index (κ1) is 21.1. The van der Waals surface area contributed by atoms with E-state index in [1.54, 1.807) is 0 Å². The van der Waals surface area contributed by atoms with Gasteiger partial charge in [-0.1, -0.05) is 61.7 Å². The third kappa shape index (κ3) is 3.25. The van der Waals surface area contributed by atoms with Gasteiger partial charge in [-0.15, -0.1) is 0 Å². The minimum Gasteiger partial charge on any atom is -0.453 e. The predicted octanol–water partition coefficient (Wildman–Crippen LogP) is 8.44. The maximum absolute atomic E-state index is 6.17. The highest BCUT2D eigenvalue weighted by atomic mass is 16.5. The summed E-state index contributed by atoms with van der Waals surface area (Å²) in [7, 11) is 0. The fourth-order valence-corrected chi connectivity index (χ4v) is 5.05. The van der Waals surface area contributed by atoms with Gasteiger partial charge in [0.2, 0.25) is 5.95 Å². The zero-order valence-electron chi connectivity index (χ0n) is 20.0. The number of anilines is 3. The second kappa shape index (κ2) is 8.21. The van der Waals surface area contributed by atoms with Gasteiger partial charge in [-0.2, -0.15) is 4.98 Å². The second-order valence-electron chi connectivity index (χ2n) is 8.88. The molecule has 0 amide bonds. The zero-order chi connectivity index (χ0) is 24.9. The van der Waals surface area contributed by atoms with Crippen LogP contribution in [0.15, 0.2) is 110 Å². The molecule has 0 saturated heterocycles. The molecule has 1 aliphatic rings. The van der Waals surface area contributed by atoms with Crippen molar-refractivity contribution in [1.82, 2.24) is 14.5 Å². The summed E-state index contributed by atoms with van der Waals surface area (Å²) >= 11 is 0. The van der Waals surface area contributed by atoms with Gasteiger partial charge >= 0.3 is 0 Å². The highest BCUT2D eigenvalue weighted by Crippen LogP contribution is 2.49. The van der Waals surface area contributed by atoms with E-state index in [-0.39, 0.29) is 0 Å². The van der Waals surface area contributed by atoms with E-state index in [9.17, 15) is 0 Å². The molecule has 5 nitrogen and oxygen atoms in total. The molecule has 0 saturated carbocycles. The van der Waals surface area contributed by atoms with Crippen LogP contribution in [-0.2, 0) is 0 Å². The van der Waals surface area contributed by atoms with Gasteiger partial charge in [0, 0.05) is 17.0 Å². The summed E-state index contributed by atoms with van der Waals surface area (Å²) in [6, 6.07) is 30.6. The van der Waals surface area contributed by atoms with Gasteiger partial charge in [-0.3, -0.25) is 9.47 Å². The maximum Gasteiger partial charge on any atom is 0.236 e. The Balaban J connectivity index is 1.48. The van der Waals surface area contributed by atoms with E-state index in [1.807, 2.05) is 72.9 Å². The summed E-state index contributed by atoms with van der Waals surface area (Å²) in [4.78, 5) is 11.9. The van der Waals surface area contributed by atoms with Crippen LogP contribution in [0.3, 0.4) is 0 Å². The second-order valence-corrected chi connectivity index (χ2v) is 8.88. The first-order valence-electron chi connectivity index (χ1n) is 12.1. The highest BCUT2D eigenvalue weighted by Gasteiger charge is 2.27. The van der Waals surface area contributed by atoms with E-state index in [4.69, 9.17) is 14.7 Å². The van der Waals surface area contributed by atoms with E-state index in [1.165, 1.54) is 0 Å². The predicted molar refractivity (Wildman–Crippen MR) is 151 cm³/mol. The molecule has 176 valence electrons. The minimum atomic E-state index is 0.570. The highest BCUT2D eigenvalue weighted by molar-refractivity contribution is 6.10. The molecule has 0 atom stereocenters. The molecule has 7 rings (SSSR count). The first-order chi connectivity index (χ1) is 18.2. The molecule has 0 bridgehead atoms. The summed E-state index contributed by atoms with van der Waals surface area (Å²) < 4.78 is 8.36. The minimum absolute atomic E-state index is 0.570. The molecule has 0 aliphatic carbocycles. The van der Waals surface area contributed by atoms with Crippen LogP contribution in [0, 0.1) is 0 Å². The monoisotopic (exact) mass is 478 g/mol. The van der Waals surface area contributed by atoms with Crippen molar-refractivity contribution >= 4 is 51.3 Å². The Labute approximate surface area is 214 Å². The topological polar surface area (TPSA) is 43.2 Å². The average Bonchev–Trinajstić information content (AvgIpc) is 3.28. The summed E-state index contributed by atoms with van der Waals surface area (Å²) in [5.41, 5.74) is 6.06. The van der Waals surface area contributed by atoms with Crippen LogP contribution in [0.25, 0.3) is 39.8 Å². The number of hydrogen-bond acceptors (Lipinski definition) is 4. The number of rotatable bonds is 4. The molecule has 2 aromatic heterocycles. The van der Waals surface area contributed by atoms with Crippen molar-refractivity contribution in [2.75, 3.05) is 4.90 Å². The molecule has 5 heteroatoms. The number of para-hydroxylation sites is 4. The summed E-state index contributed by atoms with van der Waals surface area (Å²) in [6.07, 6.45) is 5.55. The van der Waals surface area contributed by atoms with Crippen molar-refractivity contribution in [2.24, 2.45) is 0 Å². The molecule has 3 heterocycles. The Bertz CT molecular complexity index is 1760. The molecule has 1 aliphatic heterocycles. The Morgan fingerprint density at radius 3 is 1.81 bits per heavy atom. The largest absolute Gasteiger partial charge is 0.453 e. The van der Waals surface area contributed by atoms with Crippen molar-refractivity contribution < 1.29 is 4.74 Å². The molecule has 37 heavy (non-hydrogen) atoms. The molecule has 6 aromatic rings. The molecule has 0 unspecified atom stereocenters. The lowest BCUT2D eigenvalue weighted by atomic mass is 10.1. The fraction of sp³-hybridized carbons (Fsp3) is 0. The van der Waals surface area contributed by atoms with Crippen molar-refractivity contribution in [2.45, 2.75) is 0 Å². The van der Waals surface area contributed by atoms with Crippen molar-refractivity contribution in [3.63, 3.8) is 0 Å². The summed E-state index contributed by atoms with van der Waals surface area (Å²) in [5.74, 6) is 2.88.